The summed E-state index contributed by atoms with van der Waals surface area (Å²) in [6.07, 6.45) is 1.91. The summed E-state index contributed by atoms with van der Waals surface area (Å²) >= 11 is 0. The zero-order chi connectivity index (χ0) is 25.7. The van der Waals surface area contributed by atoms with Crippen molar-refractivity contribution in [2.45, 2.75) is 39.0 Å². The fourth-order valence-electron chi connectivity index (χ4n) is 5.42. The summed E-state index contributed by atoms with van der Waals surface area (Å²) in [5.41, 5.74) is 9.76. The molecule has 1 atom stereocenters. The molecular weight excluding hydrogens is 472 g/mol. The number of fused-ring (bicyclic) bond motifs is 3. The molecule has 4 aromatic rings. The van der Waals surface area contributed by atoms with Crippen LogP contribution in [-0.4, -0.2) is 37.0 Å². The Morgan fingerprint density at radius 2 is 1.68 bits per heavy atom. The number of aromatic nitrogens is 1. The van der Waals surface area contributed by atoms with Crippen molar-refractivity contribution in [2.75, 3.05) is 26.4 Å². The molecule has 5 heteroatoms. The third kappa shape index (κ3) is 5.45. The molecule has 0 saturated carbocycles. The third-order valence-electron chi connectivity index (χ3n) is 7.39. The minimum absolute atomic E-state index is 0.00795. The number of aryl methyl sites for hydroxylation is 1. The Morgan fingerprint density at radius 3 is 2.45 bits per heavy atom. The molecule has 6 rings (SSSR count). The van der Waals surface area contributed by atoms with E-state index < -0.39 is 0 Å². The maximum absolute atomic E-state index is 6.41. The average Bonchev–Trinajstić information content (AvgIpc) is 2.97. The first kappa shape index (κ1) is 24.7. The van der Waals surface area contributed by atoms with Crippen LogP contribution in [0.1, 0.15) is 27.8 Å². The van der Waals surface area contributed by atoms with Crippen molar-refractivity contribution in [3.8, 4) is 17.0 Å². The molecule has 0 N–H and O–H groups in total. The number of hydrogen-bond acceptors (Lipinski definition) is 4. The van der Waals surface area contributed by atoms with Crippen molar-refractivity contribution in [3.05, 3.63) is 118 Å². The predicted octanol–water partition coefficient (Wildman–Crippen LogP) is 5.51. The van der Waals surface area contributed by atoms with Crippen molar-refractivity contribution >= 4 is 0 Å². The predicted molar refractivity (Wildman–Crippen MR) is 149 cm³/mol. The molecule has 1 saturated heterocycles. The van der Waals surface area contributed by atoms with Crippen LogP contribution in [-0.2, 0) is 35.5 Å². The average molecular weight is 507 g/mol. The van der Waals surface area contributed by atoms with Gasteiger partial charge in [-0.2, -0.15) is 0 Å². The van der Waals surface area contributed by atoms with Gasteiger partial charge in [-0.1, -0.05) is 78.9 Å². The van der Waals surface area contributed by atoms with Gasteiger partial charge in [-0.3, -0.25) is 4.99 Å². The first-order valence-corrected chi connectivity index (χ1v) is 13.5. The highest BCUT2D eigenvalue weighted by Gasteiger charge is 2.22. The molecule has 2 aliphatic heterocycles. The van der Waals surface area contributed by atoms with Crippen LogP contribution in [0.3, 0.4) is 0 Å². The maximum Gasteiger partial charge on any atom is 0.131 e. The van der Waals surface area contributed by atoms with Gasteiger partial charge in [-0.05, 0) is 42.0 Å². The quantitative estimate of drug-likeness (QED) is 0.332. The summed E-state index contributed by atoms with van der Waals surface area (Å²) in [5, 5.41) is 0. The molecule has 3 aromatic carbocycles. The molecule has 0 radical (unpaired) electrons. The Kier molecular flexibility index (Phi) is 7.38. The van der Waals surface area contributed by atoms with Gasteiger partial charge in [-0.25, -0.2) is 0 Å². The fraction of sp³-hybridized carbons (Fsp3) is 0.303. The Hall–Kier alpha value is -3.67. The lowest BCUT2D eigenvalue weighted by Gasteiger charge is -2.27. The highest BCUT2D eigenvalue weighted by molar-refractivity contribution is 5.71. The molecule has 0 amide bonds. The normalized spacial score (nSPS) is 17.1. The van der Waals surface area contributed by atoms with Gasteiger partial charge in [0.05, 0.1) is 32.1 Å². The summed E-state index contributed by atoms with van der Waals surface area (Å²) in [6, 6.07) is 30.0. The van der Waals surface area contributed by atoms with Crippen LogP contribution in [0.4, 0.5) is 0 Å². The number of ether oxygens (including phenoxy) is 3. The Balaban J connectivity index is 1.37. The monoisotopic (exact) mass is 506 g/mol. The standard InChI is InChI=1S/C33H34N2O3/c1-24-31(38-22-26-10-6-3-7-11-26)20-32(34-21-29-23-36-16-17-37-29)35-15-14-28-19-27(12-13-30(28)33(24)35)18-25-8-4-2-5-9-25/h2-13,19-20,29H,14-18,21-23H2,1H3. The van der Waals surface area contributed by atoms with Gasteiger partial charge in [0.2, 0.25) is 0 Å². The molecule has 2 aliphatic rings. The number of pyridine rings is 1. The summed E-state index contributed by atoms with van der Waals surface area (Å²) in [5.74, 6) is 0.876. The molecule has 1 aromatic heterocycles. The van der Waals surface area contributed by atoms with Gasteiger partial charge in [-0.15, -0.1) is 0 Å². The topological polar surface area (TPSA) is 45.0 Å². The second kappa shape index (κ2) is 11.4. The Bertz CT molecular complexity index is 1460. The van der Waals surface area contributed by atoms with Crippen LogP contribution in [0, 0.1) is 6.92 Å². The zero-order valence-corrected chi connectivity index (χ0v) is 21.9. The number of rotatable bonds is 7. The molecule has 1 unspecified atom stereocenters. The van der Waals surface area contributed by atoms with E-state index >= 15 is 0 Å². The van der Waals surface area contributed by atoms with E-state index in [1.807, 2.05) is 18.2 Å². The van der Waals surface area contributed by atoms with Gasteiger partial charge in [0.1, 0.15) is 23.9 Å². The first-order chi connectivity index (χ1) is 18.7. The lowest BCUT2D eigenvalue weighted by Crippen LogP contribution is -2.33. The van der Waals surface area contributed by atoms with Crippen LogP contribution in [0.2, 0.25) is 0 Å². The van der Waals surface area contributed by atoms with Crippen LogP contribution in [0.15, 0.2) is 89.9 Å². The second-order valence-electron chi connectivity index (χ2n) is 10.1. The zero-order valence-electron chi connectivity index (χ0n) is 21.9. The van der Waals surface area contributed by atoms with Crippen LogP contribution < -0.4 is 10.2 Å². The van der Waals surface area contributed by atoms with Gasteiger partial charge >= 0.3 is 0 Å². The van der Waals surface area contributed by atoms with Gasteiger partial charge in [0.15, 0.2) is 0 Å². The second-order valence-corrected chi connectivity index (χ2v) is 10.1. The Labute approximate surface area is 224 Å². The SMILES string of the molecule is Cc1c(OCc2ccccc2)cc(=NCC2COCCO2)n2c1-c1ccc(Cc3ccccc3)cc1CC2. The minimum atomic E-state index is -0.00795. The summed E-state index contributed by atoms with van der Waals surface area (Å²) < 4.78 is 20.2. The van der Waals surface area contributed by atoms with E-state index in [4.69, 9.17) is 19.2 Å². The van der Waals surface area contributed by atoms with E-state index in [1.165, 1.54) is 27.9 Å². The molecule has 0 aliphatic carbocycles. The highest BCUT2D eigenvalue weighted by atomic mass is 16.6. The largest absolute Gasteiger partial charge is 0.488 e. The molecule has 1 fully saturated rings. The van der Waals surface area contributed by atoms with Crippen LogP contribution >= 0.6 is 0 Å². The lowest BCUT2D eigenvalue weighted by atomic mass is 9.91. The fourth-order valence-corrected chi connectivity index (χ4v) is 5.42. The highest BCUT2D eigenvalue weighted by Crippen LogP contribution is 2.35. The molecule has 194 valence electrons. The van der Waals surface area contributed by atoms with Crippen molar-refractivity contribution in [3.63, 3.8) is 0 Å². The minimum Gasteiger partial charge on any atom is -0.488 e. The summed E-state index contributed by atoms with van der Waals surface area (Å²) in [7, 11) is 0. The van der Waals surface area contributed by atoms with Crippen molar-refractivity contribution in [2.24, 2.45) is 4.99 Å². The molecule has 5 nitrogen and oxygen atoms in total. The molecular formula is C33H34N2O3. The van der Waals surface area contributed by atoms with Crippen molar-refractivity contribution in [1.29, 1.82) is 0 Å². The van der Waals surface area contributed by atoms with Gasteiger partial charge in [0, 0.05) is 23.7 Å². The molecule has 0 spiro atoms. The van der Waals surface area contributed by atoms with E-state index in [1.54, 1.807) is 0 Å². The van der Waals surface area contributed by atoms with Gasteiger partial charge < -0.3 is 18.8 Å². The maximum atomic E-state index is 6.41. The molecule has 0 bridgehead atoms. The lowest BCUT2D eigenvalue weighted by molar-refractivity contribution is -0.0835. The van der Waals surface area contributed by atoms with E-state index in [0.717, 1.165) is 41.8 Å². The summed E-state index contributed by atoms with van der Waals surface area (Å²) in [4.78, 5) is 5.02. The molecule has 38 heavy (non-hydrogen) atoms. The van der Waals surface area contributed by atoms with E-state index in [2.05, 4.69) is 78.2 Å². The summed E-state index contributed by atoms with van der Waals surface area (Å²) in [6.45, 7) is 6.02. The number of hydrogen-bond donors (Lipinski definition) is 0. The van der Waals surface area contributed by atoms with Crippen LogP contribution in [0.25, 0.3) is 11.3 Å². The van der Waals surface area contributed by atoms with Crippen LogP contribution in [0.5, 0.6) is 5.75 Å². The van der Waals surface area contributed by atoms with E-state index in [0.29, 0.717) is 33.0 Å². The third-order valence-corrected chi connectivity index (χ3v) is 7.39. The molecule has 3 heterocycles. The number of benzene rings is 3. The van der Waals surface area contributed by atoms with E-state index in [-0.39, 0.29) is 6.10 Å². The first-order valence-electron chi connectivity index (χ1n) is 13.5. The van der Waals surface area contributed by atoms with Crippen molar-refractivity contribution in [1.82, 2.24) is 4.57 Å². The smallest absolute Gasteiger partial charge is 0.131 e. The number of nitrogens with zero attached hydrogens (tertiary/aromatic N) is 2. The van der Waals surface area contributed by atoms with Gasteiger partial charge in [0.25, 0.3) is 0 Å². The van der Waals surface area contributed by atoms with E-state index in [9.17, 15) is 0 Å². The van der Waals surface area contributed by atoms with Crippen molar-refractivity contribution < 1.29 is 14.2 Å². The Morgan fingerprint density at radius 1 is 0.895 bits per heavy atom.